The number of nitrogens with zero attached hydrogens (tertiary/aromatic N) is 2. The Morgan fingerprint density at radius 1 is 1.17 bits per heavy atom. The Morgan fingerprint density at radius 3 is 2.79 bits per heavy atom. The van der Waals surface area contributed by atoms with Gasteiger partial charge in [0.15, 0.2) is 6.61 Å². The SMILES string of the molecule is O=C(CCN1C(=O)COc2ccccc21)NCC(C1CCOC1)N1CCOCC1. The van der Waals surface area contributed by atoms with E-state index in [9.17, 15) is 9.59 Å². The van der Waals surface area contributed by atoms with Crippen molar-refractivity contribution in [2.24, 2.45) is 5.92 Å². The van der Waals surface area contributed by atoms with E-state index in [4.69, 9.17) is 14.2 Å². The second-order valence-corrected chi connectivity index (χ2v) is 7.70. The summed E-state index contributed by atoms with van der Waals surface area (Å²) in [6.07, 6.45) is 1.29. The first-order valence-corrected chi connectivity index (χ1v) is 10.4. The van der Waals surface area contributed by atoms with Crippen LogP contribution in [-0.2, 0) is 19.1 Å². The van der Waals surface area contributed by atoms with Gasteiger partial charge in [0, 0.05) is 51.2 Å². The fourth-order valence-corrected chi connectivity index (χ4v) is 4.28. The van der Waals surface area contributed by atoms with Gasteiger partial charge in [-0.15, -0.1) is 0 Å². The monoisotopic (exact) mass is 403 g/mol. The van der Waals surface area contributed by atoms with Crippen LogP contribution >= 0.6 is 0 Å². The Bertz CT molecular complexity index is 716. The zero-order chi connectivity index (χ0) is 20.1. The number of amides is 2. The molecule has 0 saturated carbocycles. The molecule has 2 fully saturated rings. The van der Waals surface area contributed by atoms with Crippen LogP contribution in [0.5, 0.6) is 5.75 Å². The Morgan fingerprint density at radius 2 is 2.00 bits per heavy atom. The molecule has 2 saturated heterocycles. The largest absolute Gasteiger partial charge is 0.482 e. The first-order chi connectivity index (χ1) is 14.2. The quantitative estimate of drug-likeness (QED) is 0.720. The lowest BCUT2D eigenvalue weighted by molar-refractivity contribution is -0.122. The number of carbonyl (C=O) groups is 2. The Hall–Kier alpha value is -2.16. The molecule has 1 aromatic carbocycles. The van der Waals surface area contributed by atoms with E-state index >= 15 is 0 Å². The van der Waals surface area contributed by atoms with Crippen LogP contribution in [0.1, 0.15) is 12.8 Å². The molecule has 0 aliphatic carbocycles. The summed E-state index contributed by atoms with van der Waals surface area (Å²) in [6, 6.07) is 7.68. The summed E-state index contributed by atoms with van der Waals surface area (Å²) in [7, 11) is 0. The number of para-hydroxylation sites is 2. The maximum Gasteiger partial charge on any atom is 0.265 e. The van der Waals surface area contributed by atoms with E-state index in [2.05, 4.69) is 10.2 Å². The summed E-state index contributed by atoms with van der Waals surface area (Å²) in [6.45, 7) is 5.73. The summed E-state index contributed by atoms with van der Waals surface area (Å²) in [5.41, 5.74) is 0.728. The third-order valence-electron chi connectivity index (χ3n) is 5.90. The van der Waals surface area contributed by atoms with Crippen LogP contribution in [0, 0.1) is 5.92 Å². The lowest BCUT2D eigenvalue weighted by atomic mass is 9.97. The number of rotatable bonds is 7. The topological polar surface area (TPSA) is 80.3 Å². The molecule has 2 unspecified atom stereocenters. The summed E-state index contributed by atoms with van der Waals surface area (Å²) < 4.78 is 16.5. The van der Waals surface area contributed by atoms with Crippen molar-refractivity contribution in [3.05, 3.63) is 24.3 Å². The lowest BCUT2D eigenvalue weighted by Crippen LogP contribution is -2.52. The number of benzene rings is 1. The smallest absolute Gasteiger partial charge is 0.265 e. The molecular weight excluding hydrogens is 374 g/mol. The highest BCUT2D eigenvalue weighted by atomic mass is 16.5. The normalized spacial score (nSPS) is 23.4. The third-order valence-corrected chi connectivity index (χ3v) is 5.90. The number of morpholine rings is 1. The van der Waals surface area contributed by atoms with Crippen LogP contribution in [0.4, 0.5) is 5.69 Å². The molecule has 3 heterocycles. The van der Waals surface area contributed by atoms with Gasteiger partial charge in [0.1, 0.15) is 5.75 Å². The van der Waals surface area contributed by atoms with Crippen LogP contribution in [0.3, 0.4) is 0 Å². The highest BCUT2D eigenvalue weighted by Crippen LogP contribution is 2.31. The van der Waals surface area contributed by atoms with Gasteiger partial charge in [0.2, 0.25) is 5.91 Å². The average molecular weight is 403 g/mol. The van der Waals surface area contributed by atoms with E-state index < -0.39 is 0 Å². The summed E-state index contributed by atoms with van der Waals surface area (Å²) in [5.74, 6) is 0.951. The molecule has 3 aliphatic heterocycles. The minimum absolute atomic E-state index is 0.0133. The number of hydrogen-bond acceptors (Lipinski definition) is 6. The summed E-state index contributed by atoms with van der Waals surface area (Å²) in [5, 5.41) is 3.09. The summed E-state index contributed by atoms with van der Waals surface area (Å²) in [4.78, 5) is 28.9. The van der Waals surface area contributed by atoms with Gasteiger partial charge in [0.05, 0.1) is 25.5 Å². The van der Waals surface area contributed by atoms with Gasteiger partial charge in [-0.2, -0.15) is 0 Å². The van der Waals surface area contributed by atoms with E-state index in [1.165, 1.54) is 0 Å². The van der Waals surface area contributed by atoms with Crippen LogP contribution in [0.15, 0.2) is 24.3 Å². The first-order valence-electron chi connectivity index (χ1n) is 10.4. The molecule has 2 amide bonds. The molecule has 2 atom stereocenters. The predicted molar refractivity (Wildman–Crippen MR) is 107 cm³/mol. The van der Waals surface area contributed by atoms with Gasteiger partial charge in [-0.3, -0.25) is 14.5 Å². The van der Waals surface area contributed by atoms with Crippen molar-refractivity contribution in [3.8, 4) is 5.75 Å². The van der Waals surface area contributed by atoms with Gasteiger partial charge in [-0.1, -0.05) is 12.1 Å². The molecule has 8 heteroatoms. The van der Waals surface area contributed by atoms with E-state index in [1.807, 2.05) is 24.3 Å². The molecule has 3 aliphatic rings. The van der Waals surface area contributed by atoms with Crippen molar-refractivity contribution in [2.75, 3.05) is 64.1 Å². The van der Waals surface area contributed by atoms with Crippen molar-refractivity contribution in [1.82, 2.24) is 10.2 Å². The highest BCUT2D eigenvalue weighted by Gasteiger charge is 2.32. The Balaban J connectivity index is 1.31. The van der Waals surface area contributed by atoms with Gasteiger partial charge in [-0.05, 0) is 18.6 Å². The first kappa shape index (κ1) is 20.1. The van der Waals surface area contributed by atoms with E-state index in [0.717, 1.165) is 51.6 Å². The zero-order valence-corrected chi connectivity index (χ0v) is 16.7. The molecule has 0 aromatic heterocycles. The number of ether oxygens (including phenoxy) is 3. The number of nitrogens with one attached hydrogen (secondary N) is 1. The lowest BCUT2D eigenvalue weighted by Gasteiger charge is -2.37. The Labute approximate surface area is 171 Å². The van der Waals surface area contributed by atoms with Crippen molar-refractivity contribution in [1.29, 1.82) is 0 Å². The van der Waals surface area contributed by atoms with Crippen molar-refractivity contribution in [2.45, 2.75) is 18.9 Å². The molecule has 8 nitrogen and oxygen atoms in total. The molecule has 29 heavy (non-hydrogen) atoms. The van der Waals surface area contributed by atoms with Crippen LogP contribution in [0.2, 0.25) is 0 Å². The minimum atomic E-state index is -0.120. The van der Waals surface area contributed by atoms with E-state index in [1.54, 1.807) is 4.90 Å². The molecule has 0 radical (unpaired) electrons. The van der Waals surface area contributed by atoms with Crippen LogP contribution < -0.4 is 15.0 Å². The van der Waals surface area contributed by atoms with Gasteiger partial charge < -0.3 is 24.4 Å². The third kappa shape index (κ3) is 4.88. The van der Waals surface area contributed by atoms with E-state index in [-0.39, 0.29) is 30.9 Å². The molecular formula is C21H29N3O5. The molecule has 158 valence electrons. The maximum absolute atomic E-state index is 12.6. The van der Waals surface area contributed by atoms with Crippen molar-refractivity contribution >= 4 is 17.5 Å². The second-order valence-electron chi connectivity index (χ2n) is 7.70. The van der Waals surface area contributed by atoms with E-state index in [0.29, 0.717) is 24.8 Å². The highest BCUT2D eigenvalue weighted by molar-refractivity contribution is 5.98. The van der Waals surface area contributed by atoms with Crippen molar-refractivity contribution < 1.29 is 23.8 Å². The van der Waals surface area contributed by atoms with Gasteiger partial charge in [0.25, 0.3) is 5.91 Å². The predicted octanol–water partition coefficient (Wildman–Crippen LogP) is 0.656. The number of anilines is 1. The van der Waals surface area contributed by atoms with Crippen LogP contribution in [0.25, 0.3) is 0 Å². The number of carbonyl (C=O) groups excluding carboxylic acids is 2. The second kappa shape index (κ2) is 9.56. The molecule has 0 spiro atoms. The standard InChI is InChI=1S/C21H29N3O5/c25-20(5-7-24-17-3-1-2-4-19(17)29-15-21(24)26)22-13-18(16-6-10-28-14-16)23-8-11-27-12-9-23/h1-4,16,18H,5-15H2,(H,22,25). The number of fused-ring (bicyclic) bond motifs is 1. The Kier molecular flexibility index (Phi) is 6.63. The molecule has 1 N–H and O–H groups in total. The van der Waals surface area contributed by atoms with Gasteiger partial charge in [-0.25, -0.2) is 0 Å². The minimum Gasteiger partial charge on any atom is -0.482 e. The zero-order valence-electron chi connectivity index (χ0n) is 16.7. The molecule has 0 bridgehead atoms. The van der Waals surface area contributed by atoms with Gasteiger partial charge >= 0.3 is 0 Å². The maximum atomic E-state index is 12.6. The number of hydrogen-bond donors (Lipinski definition) is 1. The average Bonchev–Trinajstić information content (AvgIpc) is 3.28. The van der Waals surface area contributed by atoms with Crippen molar-refractivity contribution in [3.63, 3.8) is 0 Å². The molecule has 4 rings (SSSR count). The fourth-order valence-electron chi connectivity index (χ4n) is 4.28. The fraction of sp³-hybridized carbons (Fsp3) is 0.619. The van der Waals surface area contributed by atoms with Crippen LogP contribution in [-0.4, -0.2) is 82.0 Å². The molecule has 1 aromatic rings. The summed E-state index contributed by atoms with van der Waals surface area (Å²) >= 11 is 0.